The van der Waals surface area contributed by atoms with Crippen molar-refractivity contribution in [2.45, 2.75) is 6.61 Å². The number of nitrogens with zero attached hydrogens (tertiary/aromatic N) is 6. The van der Waals surface area contributed by atoms with E-state index in [1.54, 1.807) is 31.4 Å². The number of amides is 1. The highest BCUT2D eigenvalue weighted by molar-refractivity contribution is 9.10. The lowest BCUT2D eigenvalue weighted by Crippen LogP contribution is -2.22. The molecular formula is C30H23BrN8O4. The molecule has 0 atom stereocenters. The first-order valence-corrected chi connectivity index (χ1v) is 13.7. The molecule has 0 fully saturated rings. The molecule has 3 N–H and O–H groups in total. The second kappa shape index (κ2) is 12.1. The molecule has 0 bridgehead atoms. The third-order valence-electron chi connectivity index (χ3n) is 6.51. The molecule has 0 aliphatic carbocycles. The summed E-state index contributed by atoms with van der Waals surface area (Å²) in [6, 6.07) is 26.9. The topological polar surface area (TPSA) is 156 Å². The van der Waals surface area contributed by atoms with E-state index in [0.29, 0.717) is 39.4 Å². The molecule has 4 aromatic carbocycles. The van der Waals surface area contributed by atoms with Gasteiger partial charge in [0.25, 0.3) is 5.91 Å². The van der Waals surface area contributed by atoms with Gasteiger partial charge in [0.15, 0.2) is 17.2 Å². The summed E-state index contributed by atoms with van der Waals surface area (Å²) in [5, 5.41) is 22.0. The number of benzene rings is 4. The molecule has 43 heavy (non-hydrogen) atoms. The number of methoxy groups -OCH3 is 1. The van der Waals surface area contributed by atoms with Crippen LogP contribution in [0.25, 0.3) is 27.8 Å². The third kappa shape index (κ3) is 5.65. The highest BCUT2D eigenvalue weighted by Crippen LogP contribution is 2.37. The Balaban J connectivity index is 1.23. The summed E-state index contributed by atoms with van der Waals surface area (Å²) in [6.07, 6.45) is 1.47. The second-order valence-corrected chi connectivity index (χ2v) is 10.1. The largest absolute Gasteiger partial charge is 0.493 e. The summed E-state index contributed by atoms with van der Waals surface area (Å²) in [5.74, 6) is 0.393. The summed E-state index contributed by atoms with van der Waals surface area (Å²) in [6.45, 7) is 0.344. The number of hydrogen-bond acceptors (Lipinski definition) is 10. The van der Waals surface area contributed by atoms with E-state index in [-0.39, 0.29) is 17.3 Å². The van der Waals surface area contributed by atoms with Gasteiger partial charge in [0.1, 0.15) is 12.3 Å². The van der Waals surface area contributed by atoms with Crippen LogP contribution in [0.5, 0.6) is 11.5 Å². The van der Waals surface area contributed by atoms with E-state index >= 15 is 0 Å². The first kappa shape index (κ1) is 27.6. The number of hydrogen-bond donors (Lipinski definition) is 2. The smallest absolute Gasteiger partial charge is 0.292 e. The zero-order valence-electron chi connectivity index (χ0n) is 22.6. The monoisotopic (exact) mass is 638 g/mol. The molecule has 0 radical (unpaired) electrons. The lowest BCUT2D eigenvalue weighted by atomic mass is 10.1. The quantitative estimate of drug-likeness (QED) is 0.161. The Labute approximate surface area is 253 Å². The minimum Gasteiger partial charge on any atom is -0.493 e. The molecule has 0 unspecified atom stereocenters. The van der Waals surface area contributed by atoms with Crippen LogP contribution in [0.4, 0.5) is 5.82 Å². The molecule has 214 valence electrons. The number of aromatic nitrogens is 5. The number of nitrogen functional groups attached to an aromatic ring is 1. The Kier molecular flexibility index (Phi) is 7.78. The number of fused-ring (bicyclic) bond motifs is 1. The number of hydrazone groups is 1. The van der Waals surface area contributed by atoms with E-state index in [2.05, 4.69) is 65.3 Å². The van der Waals surface area contributed by atoms with Crippen molar-refractivity contribution in [3.8, 4) is 28.6 Å². The maximum Gasteiger partial charge on any atom is 0.292 e. The molecule has 0 saturated carbocycles. The first-order chi connectivity index (χ1) is 21.0. The summed E-state index contributed by atoms with van der Waals surface area (Å²) in [5.41, 5.74) is 11.1. The van der Waals surface area contributed by atoms with Gasteiger partial charge >= 0.3 is 0 Å². The predicted molar refractivity (Wildman–Crippen MR) is 163 cm³/mol. The van der Waals surface area contributed by atoms with Crippen molar-refractivity contribution in [2.24, 2.45) is 5.10 Å². The maximum absolute atomic E-state index is 13.4. The zero-order chi connectivity index (χ0) is 29.8. The summed E-state index contributed by atoms with van der Waals surface area (Å²) in [4.78, 5) is 13.4. The first-order valence-electron chi connectivity index (χ1n) is 12.9. The molecule has 6 aromatic rings. The summed E-state index contributed by atoms with van der Waals surface area (Å²) in [7, 11) is 1.55. The maximum atomic E-state index is 13.4. The van der Waals surface area contributed by atoms with Gasteiger partial charge < -0.3 is 15.2 Å². The third-order valence-corrected chi connectivity index (χ3v) is 7.10. The Morgan fingerprint density at radius 2 is 1.86 bits per heavy atom. The molecule has 1 amide bonds. The van der Waals surface area contributed by atoms with Crippen LogP contribution in [-0.4, -0.2) is 44.5 Å². The van der Waals surface area contributed by atoms with Crippen LogP contribution in [0.3, 0.4) is 0 Å². The molecular weight excluding hydrogens is 616 g/mol. The fourth-order valence-corrected chi connectivity index (χ4v) is 5.08. The van der Waals surface area contributed by atoms with Crippen molar-refractivity contribution in [3.05, 3.63) is 106 Å². The molecule has 6 rings (SSSR count). The normalized spacial score (nSPS) is 11.2. The highest BCUT2D eigenvalue weighted by Gasteiger charge is 2.26. The number of nitrogens with one attached hydrogen (secondary N) is 1. The minimum atomic E-state index is -0.608. The Morgan fingerprint density at radius 3 is 2.65 bits per heavy atom. The molecule has 12 nitrogen and oxygen atoms in total. The van der Waals surface area contributed by atoms with Gasteiger partial charge in [0.05, 0.1) is 17.8 Å². The number of nitrogens with two attached hydrogens (primary N) is 1. The van der Waals surface area contributed by atoms with E-state index in [4.69, 9.17) is 19.8 Å². The van der Waals surface area contributed by atoms with Gasteiger partial charge in [0, 0.05) is 5.56 Å². The fourth-order valence-electron chi connectivity index (χ4n) is 4.50. The number of carbonyl (C=O) groups is 1. The van der Waals surface area contributed by atoms with Gasteiger partial charge in [-0.25, -0.2) is 10.1 Å². The van der Waals surface area contributed by atoms with Crippen molar-refractivity contribution in [2.75, 3.05) is 12.8 Å². The molecule has 13 heteroatoms. The summed E-state index contributed by atoms with van der Waals surface area (Å²) < 4.78 is 18.3. The van der Waals surface area contributed by atoms with Crippen LogP contribution in [-0.2, 0) is 6.61 Å². The van der Waals surface area contributed by atoms with Crippen LogP contribution in [0.1, 0.15) is 21.6 Å². The van der Waals surface area contributed by atoms with Gasteiger partial charge in [0.2, 0.25) is 11.6 Å². The van der Waals surface area contributed by atoms with Crippen LogP contribution in [0, 0.1) is 0 Å². The van der Waals surface area contributed by atoms with E-state index < -0.39 is 5.91 Å². The SMILES string of the molecule is COc1cc(C=NNC(=O)c2c(-c3ccccc3)nnn2-c2nonc2N)cc(Br)c1OCc1cccc2ccccc12. The molecule has 2 aromatic heterocycles. The van der Waals surface area contributed by atoms with Crippen molar-refractivity contribution in [1.82, 2.24) is 30.7 Å². The average Bonchev–Trinajstić information content (AvgIpc) is 3.66. The summed E-state index contributed by atoms with van der Waals surface area (Å²) >= 11 is 3.58. The van der Waals surface area contributed by atoms with Crippen molar-refractivity contribution in [3.63, 3.8) is 0 Å². The van der Waals surface area contributed by atoms with Gasteiger partial charge in [-0.2, -0.15) is 9.78 Å². The standard InChI is InChI=1S/C30H23BrN8O4/c1-41-24-15-18(14-23(31)27(24)42-17-21-12-7-11-19-8-5-6-13-22(19)21)16-33-35-30(40)26-25(20-9-3-2-4-10-20)34-38-39(26)29-28(32)36-43-37-29/h2-16H,17H2,1H3,(H2,32,36)(H,35,40). The van der Waals surface area contributed by atoms with Gasteiger partial charge in [-0.1, -0.05) is 78.0 Å². The lowest BCUT2D eigenvalue weighted by Gasteiger charge is -2.14. The highest BCUT2D eigenvalue weighted by atomic mass is 79.9. The lowest BCUT2D eigenvalue weighted by molar-refractivity contribution is 0.0947. The number of halogens is 1. The number of anilines is 1. The van der Waals surface area contributed by atoms with E-state index in [0.717, 1.165) is 21.0 Å². The fraction of sp³-hybridized carbons (Fsp3) is 0.0667. The number of carbonyl (C=O) groups excluding carboxylic acids is 1. The number of rotatable bonds is 9. The predicted octanol–water partition coefficient (Wildman–Crippen LogP) is 5.17. The van der Waals surface area contributed by atoms with E-state index in [1.165, 1.54) is 6.21 Å². The van der Waals surface area contributed by atoms with Crippen LogP contribution in [0.15, 0.2) is 99.1 Å². The molecule has 2 heterocycles. The Morgan fingerprint density at radius 1 is 1.07 bits per heavy atom. The van der Waals surface area contributed by atoms with Gasteiger partial charge in [-0.15, -0.1) is 5.10 Å². The van der Waals surface area contributed by atoms with Gasteiger partial charge in [-0.05, 0) is 60.3 Å². The average molecular weight is 639 g/mol. The molecule has 0 aliphatic heterocycles. The van der Waals surface area contributed by atoms with Crippen LogP contribution >= 0.6 is 15.9 Å². The second-order valence-electron chi connectivity index (χ2n) is 9.20. The number of ether oxygens (including phenoxy) is 2. The van der Waals surface area contributed by atoms with Crippen molar-refractivity contribution >= 4 is 44.6 Å². The van der Waals surface area contributed by atoms with Gasteiger partial charge in [-0.3, -0.25) is 4.79 Å². The minimum absolute atomic E-state index is 0.0246. The van der Waals surface area contributed by atoms with E-state index in [9.17, 15) is 4.79 Å². The van der Waals surface area contributed by atoms with Crippen LogP contribution < -0.4 is 20.6 Å². The van der Waals surface area contributed by atoms with Crippen LogP contribution in [0.2, 0.25) is 0 Å². The Bertz CT molecular complexity index is 1950. The molecule has 0 saturated heterocycles. The molecule has 0 spiro atoms. The Hall–Kier alpha value is -5.56. The molecule has 0 aliphatic rings. The van der Waals surface area contributed by atoms with E-state index in [1.807, 2.05) is 42.5 Å². The zero-order valence-corrected chi connectivity index (χ0v) is 24.2. The van der Waals surface area contributed by atoms with Crippen molar-refractivity contribution in [1.29, 1.82) is 0 Å². The van der Waals surface area contributed by atoms with Crippen molar-refractivity contribution < 1.29 is 18.9 Å².